The molecule has 0 radical (unpaired) electrons. The Bertz CT molecular complexity index is 945. The van der Waals surface area contributed by atoms with E-state index in [-0.39, 0.29) is 11.5 Å². The molecule has 0 aliphatic rings. The highest BCUT2D eigenvalue weighted by atomic mass is 32.2. The van der Waals surface area contributed by atoms with Crippen molar-refractivity contribution in [3.8, 4) is 6.07 Å². The number of nitriles is 1. The van der Waals surface area contributed by atoms with Gasteiger partial charge >= 0.3 is 0 Å². The van der Waals surface area contributed by atoms with E-state index in [1.54, 1.807) is 0 Å². The van der Waals surface area contributed by atoms with Gasteiger partial charge in [-0.3, -0.25) is 4.79 Å². The van der Waals surface area contributed by atoms with E-state index < -0.39 is 5.92 Å². The van der Waals surface area contributed by atoms with Crippen LogP contribution in [-0.4, -0.2) is 26.5 Å². The van der Waals surface area contributed by atoms with E-state index in [1.165, 1.54) is 23.1 Å². The SMILES string of the molecule is Cc1csc([C@H](C#N)C(=O)CSc2nc(C)nc3ccccc23)n1. The summed E-state index contributed by atoms with van der Waals surface area (Å²) in [5, 5.41) is 13.4. The second kappa shape index (κ2) is 7.07. The number of hydrogen-bond donors (Lipinski definition) is 0. The van der Waals surface area contributed by atoms with Crippen molar-refractivity contribution in [2.45, 2.75) is 24.8 Å². The average molecular weight is 354 g/mol. The number of aryl methyl sites for hydroxylation is 2. The van der Waals surface area contributed by atoms with Crippen molar-refractivity contribution in [3.05, 3.63) is 46.2 Å². The van der Waals surface area contributed by atoms with Crippen molar-refractivity contribution in [2.75, 3.05) is 5.75 Å². The number of carbonyl (C=O) groups excluding carboxylic acids is 1. The van der Waals surface area contributed by atoms with E-state index in [4.69, 9.17) is 0 Å². The van der Waals surface area contributed by atoms with Crippen molar-refractivity contribution in [3.63, 3.8) is 0 Å². The molecule has 0 fully saturated rings. The Balaban J connectivity index is 1.80. The lowest BCUT2D eigenvalue weighted by Gasteiger charge is -2.07. The van der Waals surface area contributed by atoms with Gasteiger partial charge in [0.1, 0.15) is 15.9 Å². The van der Waals surface area contributed by atoms with E-state index in [2.05, 4.69) is 21.0 Å². The molecular formula is C17H14N4OS2. The number of fused-ring (bicyclic) bond motifs is 1. The molecule has 24 heavy (non-hydrogen) atoms. The summed E-state index contributed by atoms with van der Waals surface area (Å²) in [6, 6.07) is 9.77. The Labute approximate surface area is 147 Å². The third kappa shape index (κ3) is 3.45. The Morgan fingerprint density at radius 2 is 2.08 bits per heavy atom. The Hall–Kier alpha value is -2.30. The minimum atomic E-state index is -0.814. The van der Waals surface area contributed by atoms with Gasteiger partial charge in [0.05, 0.1) is 17.3 Å². The fraction of sp³-hybridized carbons (Fsp3) is 0.235. The number of thioether (sulfide) groups is 1. The van der Waals surface area contributed by atoms with Gasteiger partial charge in [0.15, 0.2) is 11.7 Å². The zero-order chi connectivity index (χ0) is 17.1. The summed E-state index contributed by atoms with van der Waals surface area (Å²) in [5.74, 6) is -0.129. The monoisotopic (exact) mass is 354 g/mol. The average Bonchev–Trinajstić information content (AvgIpc) is 2.99. The lowest BCUT2D eigenvalue weighted by Crippen LogP contribution is -2.13. The lowest BCUT2D eigenvalue weighted by atomic mass is 10.1. The molecular weight excluding hydrogens is 340 g/mol. The first kappa shape index (κ1) is 16.6. The largest absolute Gasteiger partial charge is 0.297 e. The highest BCUT2D eigenvalue weighted by molar-refractivity contribution is 8.00. The van der Waals surface area contributed by atoms with Crippen molar-refractivity contribution in [2.24, 2.45) is 0 Å². The molecule has 5 nitrogen and oxygen atoms in total. The van der Waals surface area contributed by atoms with Crippen LogP contribution in [0.15, 0.2) is 34.7 Å². The first-order valence-corrected chi connectivity index (χ1v) is 9.15. The fourth-order valence-corrected chi connectivity index (χ4v) is 4.09. The van der Waals surface area contributed by atoms with Gasteiger partial charge in [-0.1, -0.05) is 30.0 Å². The van der Waals surface area contributed by atoms with E-state index in [0.29, 0.717) is 10.8 Å². The van der Waals surface area contributed by atoms with Crippen LogP contribution in [0.5, 0.6) is 0 Å². The van der Waals surface area contributed by atoms with Crippen LogP contribution in [0.3, 0.4) is 0 Å². The van der Waals surface area contributed by atoms with Gasteiger partial charge in [-0.2, -0.15) is 5.26 Å². The summed E-state index contributed by atoms with van der Waals surface area (Å²) in [6.07, 6.45) is 0. The van der Waals surface area contributed by atoms with Gasteiger partial charge in [-0.25, -0.2) is 15.0 Å². The fourth-order valence-electron chi connectivity index (χ4n) is 2.26. The predicted molar refractivity (Wildman–Crippen MR) is 95.2 cm³/mol. The van der Waals surface area contributed by atoms with Gasteiger partial charge in [0.25, 0.3) is 0 Å². The highest BCUT2D eigenvalue weighted by Gasteiger charge is 2.23. The van der Waals surface area contributed by atoms with Crippen molar-refractivity contribution >= 4 is 39.8 Å². The number of nitrogens with zero attached hydrogens (tertiary/aromatic N) is 4. The van der Waals surface area contributed by atoms with Crippen LogP contribution < -0.4 is 0 Å². The number of para-hydroxylation sites is 1. The number of ketones is 1. The maximum Gasteiger partial charge on any atom is 0.167 e. The number of aromatic nitrogens is 3. The molecule has 7 heteroatoms. The smallest absolute Gasteiger partial charge is 0.167 e. The standard InChI is InChI=1S/C17H14N4OS2/c1-10-8-23-17(19-10)13(7-18)15(22)9-24-16-12-5-3-4-6-14(12)20-11(2)21-16/h3-6,8,13H,9H2,1-2H3/t13-/m1/s1. The molecule has 1 aromatic carbocycles. The first-order valence-electron chi connectivity index (χ1n) is 7.29. The number of carbonyl (C=O) groups is 1. The van der Waals surface area contributed by atoms with Crippen molar-refractivity contribution < 1.29 is 4.79 Å². The third-order valence-electron chi connectivity index (χ3n) is 3.37. The second-order valence-electron chi connectivity index (χ2n) is 5.24. The summed E-state index contributed by atoms with van der Waals surface area (Å²) in [7, 11) is 0. The maximum atomic E-state index is 12.5. The van der Waals surface area contributed by atoms with Crippen LogP contribution in [-0.2, 0) is 4.79 Å². The van der Waals surface area contributed by atoms with Crippen molar-refractivity contribution in [1.82, 2.24) is 15.0 Å². The van der Waals surface area contributed by atoms with E-state index in [0.717, 1.165) is 21.6 Å². The summed E-state index contributed by atoms with van der Waals surface area (Å²) >= 11 is 2.69. The van der Waals surface area contributed by atoms with E-state index >= 15 is 0 Å². The Kier molecular flexibility index (Phi) is 4.88. The number of thiazole rings is 1. The number of Topliss-reactive ketones (excluding diaryl/α,β-unsaturated/α-hetero) is 1. The van der Waals surface area contributed by atoms with Gasteiger partial charge in [0.2, 0.25) is 0 Å². The second-order valence-corrected chi connectivity index (χ2v) is 7.09. The Morgan fingerprint density at radius 3 is 2.79 bits per heavy atom. The van der Waals surface area contributed by atoms with E-state index in [9.17, 15) is 10.1 Å². The lowest BCUT2D eigenvalue weighted by molar-refractivity contribution is -0.116. The van der Waals surface area contributed by atoms with Crippen LogP contribution >= 0.6 is 23.1 Å². The summed E-state index contributed by atoms with van der Waals surface area (Å²) in [5.41, 5.74) is 1.68. The summed E-state index contributed by atoms with van der Waals surface area (Å²) in [4.78, 5) is 25.6. The topological polar surface area (TPSA) is 79.5 Å². The summed E-state index contributed by atoms with van der Waals surface area (Å²) in [6.45, 7) is 3.68. The molecule has 120 valence electrons. The molecule has 0 spiro atoms. The molecule has 0 saturated carbocycles. The molecule has 0 aliphatic heterocycles. The molecule has 1 atom stereocenters. The van der Waals surface area contributed by atoms with Gasteiger partial charge in [-0.05, 0) is 19.9 Å². The number of hydrogen-bond acceptors (Lipinski definition) is 7. The Morgan fingerprint density at radius 1 is 1.29 bits per heavy atom. The van der Waals surface area contributed by atoms with Gasteiger partial charge in [-0.15, -0.1) is 11.3 Å². The van der Waals surface area contributed by atoms with Crippen LogP contribution in [0, 0.1) is 25.2 Å². The molecule has 0 amide bonds. The van der Waals surface area contributed by atoms with Crippen LogP contribution in [0.4, 0.5) is 0 Å². The van der Waals surface area contributed by atoms with Crippen LogP contribution in [0.1, 0.15) is 22.4 Å². The van der Waals surface area contributed by atoms with E-state index in [1.807, 2.05) is 43.5 Å². The first-order chi connectivity index (χ1) is 11.6. The maximum absolute atomic E-state index is 12.5. The molecule has 2 heterocycles. The highest BCUT2D eigenvalue weighted by Crippen LogP contribution is 2.28. The molecule has 3 rings (SSSR count). The zero-order valence-electron chi connectivity index (χ0n) is 13.2. The molecule has 3 aromatic rings. The molecule has 0 bridgehead atoms. The molecule has 0 N–H and O–H groups in total. The van der Waals surface area contributed by atoms with Crippen molar-refractivity contribution in [1.29, 1.82) is 5.26 Å². The summed E-state index contributed by atoms with van der Waals surface area (Å²) < 4.78 is 0. The molecule has 0 unspecified atom stereocenters. The molecule has 2 aromatic heterocycles. The van der Waals surface area contributed by atoms with Crippen LogP contribution in [0.25, 0.3) is 10.9 Å². The van der Waals surface area contributed by atoms with Gasteiger partial charge in [0, 0.05) is 16.5 Å². The third-order valence-corrected chi connectivity index (χ3v) is 5.41. The van der Waals surface area contributed by atoms with Gasteiger partial charge < -0.3 is 0 Å². The normalized spacial score (nSPS) is 12.0. The van der Waals surface area contributed by atoms with Crippen LogP contribution in [0.2, 0.25) is 0 Å². The minimum Gasteiger partial charge on any atom is -0.297 e. The number of rotatable bonds is 5. The zero-order valence-corrected chi connectivity index (χ0v) is 14.8. The predicted octanol–water partition coefficient (Wildman–Crippen LogP) is 3.67. The number of benzene rings is 1. The minimum absolute atomic E-state index is 0.155. The molecule has 0 saturated heterocycles. The molecule has 0 aliphatic carbocycles. The quantitative estimate of drug-likeness (QED) is 0.514.